The summed E-state index contributed by atoms with van der Waals surface area (Å²) in [5.74, 6) is 0.468. The Morgan fingerprint density at radius 2 is 2.29 bits per heavy atom. The molecule has 1 atom stereocenters. The molecule has 1 saturated heterocycles. The first kappa shape index (κ1) is 16.2. The van der Waals surface area contributed by atoms with Crippen LogP contribution in [0, 0.1) is 0 Å². The Bertz CT molecular complexity index is 589. The van der Waals surface area contributed by atoms with Crippen LogP contribution < -0.4 is 15.8 Å². The lowest BCUT2D eigenvalue weighted by molar-refractivity contribution is 0.0706. The molecule has 0 bridgehead atoms. The van der Waals surface area contributed by atoms with Gasteiger partial charge in [0.1, 0.15) is 5.82 Å². The number of primary sulfonamides is 1. The summed E-state index contributed by atoms with van der Waals surface area (Å²) in [5.41, 5.74) is 0.128. The Morgan fingerprint density at radius 1 is 1.52 bits per heavy atom. The van der Waals surface area contributed by atoms with Crippen molar-refractivity contribution in [3.8, 4) is 0 Å². The summed E-state index contributed by atoms with van der Waals surface area (Å²) in [6.07, 6.45) is 1.19. The predicted molar refractivity (Wildman–Crippen MR) is 80.5 cm³/mol. The molecule has 118 valence electrons. The third-order valence-corrected chi connectivity index (χ3v) is 4.13. The highest BCUT2D eigenvalue weighted by atomic mass is 32.2. The molecule has 21 heavy (non-hydrogen) atoms. The first-order valence-electron chi connectivity index (χ1n) is 6.87. The summed E-state index contributed by atoms with van der Waals surface area (Å²) in [7, 11) is -3.77. The molecule has 0 saturated carbocycles. The van der Waals surface area contributed by atoms with Crippen LogP contribution in [-0.4, -0.2) is 44.7 Å². The van der Waals surface area contributed by atoms with Gasteiger partial charge in [-0.05, 0) is 32.4 Å². The van der Waals surface area contributed by atoms with Crippen molar-refractivity contribution < 1.29 is 13.2 Å². The molecule has 1 aromatic heterocycles. The minimum Gasteiger partial charge on any atom is -0.375 e. The SMILES string of the molecule is CC1(C)CC(OCCNc2cccc(S(N)(=O)=O)n2)CN1. The van der Waals surface area contributed by atoms with Crippen LogP contribution in [0.25, 0.3) is 0 Å². The second-order valence-electron chi connectivity index (χ2n) is 5.79. The fourth-order valence-electron chi connectivity index (χ4n) is 2.30. The molecular formula is C13H22N4O3S. The van der Waals surface area contributed by atoms with Crippen LogP contribution in [0.2, 0.25) is 0 Å². The molecule has 0 amide bonds. The quantitative estimate of drug-likeness (QED) is 0.652. The standard InChI is InChI=1S/C13H22N4O3S/c1-13(2)8-10(9-16-13)20-7-6-15-11-4-3-5-12(17-11)21(14,18)19/h3-5,10,16H,6-9H2,1-2H3,(H,15,17)(H2,14,18,19). The highest BCUT2D eigenvalue weighted by Gasteiger charge is 2.30. The highest BCUT2D eigenvalue weighted by Crippen LogP contribution is 2.20. The molecule has 0 aromatic carbocycles. The number of nitrogens with two attached hydrogens (primary N) is 1. The van der Waals surface area contributed by atoms with E-state index in [9.17, 15) is 8.42 Å². The van der Waals surface area contributed by atoms with Gasteiger partial charge in [0.05, 0.1) is 12.7 Å². The number of aromatic nitrogens is 1. The molecule has 1 unspecified atom stereocenters. The van der Waals surface area contributed by atoms with Crippen molar-refractivity contribution in [1.29, 1.82) is 0 Å². The van der Waals surface area contributed by atoms with E-state index in [0.717, 1.165) is 13.0 Å². The summed E-state index contributed by atoms with van der Waals surface area (Å²) in [6, 6.07) is 4.65. The Balaban J connectivity index is 1.77. The van der Waals surface area contributed by atoms with Crippen molar-refractivity contribution in [3.05, 3.63) is 18.2 Å². The number of nitrogens with one attached hydrogen (secondary N) is 2. The van der Waals surface area contributed by atoms with Gasteiger partial charge in [-0.3, -0.25) is 0 Å². The smallest absolute Gasteiger partial charge is 0.255 e. The van der Waals surface area contributed by atoms with Crippen molar-refractivity contribution >= 4 is 15.8 Å². The molecule has 0 spiro atoms. The Morgan fingerprint density at radius 3 is 2.90 bits per heavy atom. The lowest BCUT2D eigenvalue weighted by atomic mass is 10.0. The van der Waals surface area contributed by atoms with E-state index in [4.69, 9.17) is 9.88 Å². The van der Waals surface area contributed by atoms with E-state index in [1.807, 2.05) is 0 Å². The number of rotatable bonds is 6. The molecule has 1 aliphatic heterocycles. The summed E-state index contributed by atoms with van der Waals surface area (Å²) in [5, 5.41) is 11.3. The Kier molecular flexibility index (Phi) is 4.82. The molecule has 0 aliphatic carbocycles. The summed E-state index contributed by atoms with van der Waals surface area (Å²) >= 11 is 0. The molecule has 8 heteroatoms. The minimum atomic E-state index is -3.77. The molecular weight excluding hydrogens is 292 g/mol. The van der Waals surface area contributed by atoms with E-state index in [1.54, 1.807) is 12.1 Å². The number of anilines is 1. The van der Waals surface area contributed by atoms with Crippen LogP contribution in [0.4, 0.5) is 5.82 Å². The maximum Gasteiger partial charge on any atom is 0.255 e. The Labute approximate surface area is 125 Å². The Hall–Kier alpha value is -1.22. The van der Waals surface area contributed by atoms with E-state index in [1.165, 1.54) is 6.07 Å². The van der Waals surface area contributed by atoms with E-state index in [0.29, 0.717) is 19.0 Å². The number of hydrogen-bond acceptors (Lipinski definition) is 6. The van der Waals surface area contributed by atoms with Gasteiger partial charge < -0.3 is 15.4 Å². The molecule has 2 rings (SSSR count). The molecule has 0 radical (unpaired) electrons. The van der Waals surface area contributed by atoms with E-state index in [2.05, 4.69) is 29.5 Å². The maximum absolute atomic E-state index is 11.2. The van der Waals surface area contributed by atoms with Crippen molar-refractivity contribution in [3.63, 3.8) is 0 Å². The van der Waals surface area contributed by atoms with Crippen LogP contribution >= 0.6 is 0 Å². The normalized spacial score (nSPS) is 21.4. The second kappa shape index (κ2) is 6.27. The van der Waals surface area contributed by atoms with Gasteiger partial charge in [-0.25, -0.2) is 18.5 Å². The number of pyridine rings is 1. The number of hydrogen-bond donors (Lipinski definition) is 3. The van der Waals surface area contributed by atoms with Crippen LogP contribution in [0.1, 0.15) is 20.3 Å². The highest BCUT2D eigenvalue weighted by molar-refractivity contribution is 7.89. The monoisotopic (exact) mass is 314 g/mol. The lowest BCUT2D eigenvalue weighted by Crippen LogP contribution is -2.31. The van der Waals surface area contributed by atoms with Crippen LogP contribution in [0.15, 0.2) is 23.2 Å². The third-order valence-electron chi connectivity index (χ3n) is 3.32. The lowest BCUT2D eigenvalue weighted by Gasteiger charge is -2.17. The number of sulfonamides is 1. The summed E-state index contributed by atoms with van der Waals surface area (Å²) < 4.78 is 28.2. The van der Waals surface area contributed by atoms with Gasteiger partial charge in [0.2, 0.25) is 0 Å². The van der Waals surface area contributed by atoms with Gasteiger partial charge in [0.25, 0.3) is 10.0 Å². The van der Waals surface area contributed by atoms with Gasteiger partial charge >= 0.3 is 0 Å². The van der Waals surface area contributed by atoms with E-state index >= 15 is 0 Å². The topological polar surface area (TPSA) is 106 Å². The molecule has 2 heterocycles. The van der Waals surface area contributed by atoms with Gasteiger partial charge in [-0.1, -0.05) is 6.07 Å². The average molecular weight is 314 g/mol. The van der Waals surface area contributed by atoms with Crippen LogP contribution in [0.3, 0.4) is 0 Å². The molecule has 1 fully saturated rings. The van der Waals surface area contributed by atoms with Crippen molar-refractivity contribution in [1.82, 2.24) is 10.3 Å². The molecule has 7 nitrogen and oxygen atoms in total. The first-order chi connectivity index (χ1) is 9.76. The molecule has 1 aromatic rings. The van der Waals surface area contributed by atoms with Crippen LogP contribution in [-0.2, 0) is 14.8 Å². The maximum atomic E-state index is 11.2. The zero-order valence-electron chi connectivity index (χ0n) is 12.3. The summed E-state index contributed by atoms with van der Waals surface area (Å²) in [6.45, 7) is 6.24. The zero-order valence-corrected chi connectivity index (χ0v) is 13.1. The second-order valence-corrected chi connectivity index (χ2v) is 7.30. The third kappa shape index (κ3) is 4.92. The average Bonchev–Trinajstić information content (AvgIpc) is 2.74. The first-order valence-corrected chi connectivity index (χ1v) is 8.41. The zero-order chi connectivity index (χ0) is 15.5. The van der Waals surface area contributed by atoms with Gasteiger partial charge in [-0.15, -0.1) is 0 Å². The summed E-state index contributed by atoms with van der Waals surface area (Å²) in [4.78, 5) is 3.94. The van der Waals surface area contributed by atoms with Gasteiger partial charge in [0, 0.05) is 18.6 Å². The molecule has 4 N–H and O–H groups in total. The fourth-order valence-corrected chi connectivity index (χ4v) is 2.79. The largest absolute Gasteiger partial charge is 0.375 e. The van der Waals surface area contributed by atoms with Crippen molar-refractivity contribution in [2.24, 2.45) is 5.14 Å². The van der Waals surface area contributed by atoms with Gasteiger partial charge in [0.15, 0.2) is 5.03 Å². The molecule has 1 aliphatic rings. The van der Waals surface area contributed by atoms with Gasteiger partial charge in [-0.2, -0.15) is 0 Å². The fraction of sp³-hybridized carbons (Fsp3) is 0.615. The van der Waals surface area contributed by atoms with E-state index in [-0.39, 0.29) is 16.7 Å². The number of ether oxygens (including phenoxy) is 1. The predicted octanol–water partition coefficient (Wildman–Crippen LogP) is 0.298. The number of nitrogens with zero attached hydrogens (tertiary/aromatic N) is 1. The van der Waals surface area contributed by atoms with Crippen molar-refractivity contribution in [2.75, 3.05) is 25.0 Å². The van der Waals surface area contributed by atoms with E-state index < -0.39 is 10.0 Å². The van der Waals surface area contributed by atoms with Crippen molar-refractivity contribution in [2.45, 2.75) is 36.9 Å². The minimum absolute atomic E-state index is 0.128. The van der Waals surface area contributed by atoms with Crippen LogP contribution in [0.5, 0.6) is 0 Å².